The van der Waals surface area contributed by atoms with E-state index in [9.17, 15) is 4.79 Å². The number of fused-ring (bicyclic) bond motifs is 1. The fourth-order valence-corrected chi connectivity index (χ4v) is 2.85. The molecule has 98 valence electrons. The van der Waals surface area contributed by atoms with Crippen molar-refractivity contribution in [1.29, 1.82) is 0 Å². The summed E-state index contributed by atoms with van der Waals surface area (Å²) >= 11 is 3.41. The van der Waals surface area contributed by atoms with Gasteiger partial charge in [-0.25, -0.2) is 0 Å². The van der Waals surface area contributed by atoms with E-state index in [0.29, 0.717) is 6.42 Å². The minimum Gasteiger partial charge on any atom is -0.312 e. The molecule has 0 unspecified atom stereocenters. The number of halogens is 1. The Morgan fingerprint density at radius 2 is 2.06 bits per heavy atom. The summed E-state index contributed by atoms with van der Waals surface area (Å²) in [6, 6.07) is 8.34. The Morgan fingerprint density at radius 3 is 2.89 bits per heavy atom. The van der Waals surface area contributed by atoms with Crippen LogP contribution in [0.1, 0.15) is 37.7 Å². The average Bonchev–Trinajstić information content (AvgIpc) is 2.61. The van der Waals surface area contributed by atoms with Crippen molar-refractivity contribution < 1.29 is 4.79 Å². The van der Waals surface area contributed by atoms with Gasteiger partial charge >= 0.3 is 0 Å². The number of benzene rings is 1. The first-order valence-corrected chi connectivity index (χ1v) is 7.89. The largest absolute Gasteiger partial charge is 0.312 e. The van der Waals surface area contributed by atoms with E-state index in [1.165, 1.54) is 12.0 Å². The van der Waals surface area contributed by atoms with Crippen LogP contribution in [0.3, 0.4) is 0 Å². The Bertz CT molecular complexity index is 405. The van der Waals surface area contributed by atoms with Crippen molar-refractivity contribution in [1.82, 2.24) is 0 Å². The minimum absolute atomic E-state index is 0.283. The Morgan fingerprint density at radius 1 is 1.22 bits per heavy atom. The van der Waals surface area contributed by atoms with E-state index in [0.717, 1.165) is 43.2 Å². The van der Waals surface area contributed by atoms with Crippen molar-refractivity contribution in [2.45, 2.75) is 38.5 Å². The van der Waals surface area contributed by atoms with Crippen LogP contribution in [0.5, 0.6) is 0 Å². The number of alkyl halides is 1. The molecule has 0 aromatic heterocycles. The van der Waals surface area contributed by atoms with Crippen LogP contribution >= 0.6 is 15.9 Å². The monoisotopic (exact) mass is 309 g/mol. The SMILES string of the molecule is O=C(CCCCBr)N1CCCCc2ccccc21. The van der Waals surface area contributed by atoms with Crippen molar-refractivity contribution >= 4 is 27.5 Å². The lowest BCUT2D eigenvalue weighted by molar-refractivity contribution is -0.118. The van der Waals surface area contributed by atoms with Crippen LogP contribution in [0.4, 0.5) is 5.69 Å². The highest BCUT2D eigenvalue weighted by Gasteiger charge is 2.19. The third-order valence-electron chi connectivity index (χ3n) is 3.44. The third-order valence-corrected chi connectivity index (χ3v) is 4.00. The molecule has 1 aromatic carbocycles. The molecule has 0 N–H and O–H groups in total. The van der Waals surface area contributed by atoms with Gasteiger partial charge in [-0.15, -0.1) is 0 Å². The predicted molar refractivity (Wildman–Crippen MR) is 79.4 cm³/mol. The number of nitrogens with zero attached hydrogens (tertiary/aromatic N) is 1. The van der Waals surface area contributed by atoms with E-state index in [-0.39, 0.29) is 5.91 Å². The molecule has 1 amide bonds. The molecule has 0 atom stereocenters. The fraction of sp³-hybridized carbons (Fsp3) is 0.533. The van der Waals surface area contributed by atoms with E-state index in [1.807, 2.05) is 11.0 Å². The standard InChI is InChI=1S/C15H20BrNO/c16-11-5-3-10-15(18)17-12-6-4-8-13-7-1-2-9-14(13)17/h1-2,7,9H,3-6,8,10-12H2. The van der Waals surface area contributed by atoms with Crippen molar-refractivity contribution in [2.75, 3.05) is 16.8 Å². The van der Waals surface area contributed by atoms with Gasteiger partial charge in [-0.2, -0.15) is 0 Å². The number of aryl methyl sites for hydroxylation is 1. The predicted octanol–water partition coefficient (Wildman–Crippen LogP) is 3.92. The number of anilines is 1. The molecule has 2 nitrogen and oxygen atoms in total. The second-order valence-corrected chi connectivity index (χ2v) is 5.57. The zero-order chi connectivity index (χ0) is 12.8. The van der Waals surface area contributed by atoms with Crippen molar-refractivity contribution in [3.63, 3.8) is 0 Å². The smallest absolute Gasteiger partial charge is 0.226 e. The molecule has 0 spiro atoms. The van der Waals surface area contributed by atoms with Gasteiger partial charge < -0.3 is 4.90 Å². The molecule has 1 aliphatic rings. The van der Waals surface area contributed by atoms with E-state index in [4.69, 9.17) is 0 Å². The number of para-hydroxylation sites is 1. The summed E-state index contributed by atoms with van der Waals surface area (Å²) in [5.41, 5.74) is 2.46. The first-order chi connectivity index (χ1) is 8.83. The highest BCUT2D eigenvalue weighted by atomic mass is 79.9. The van der Waals surface area contributed by atoms with Gasteiger partial charge in [0.15, 0.2) is 0 Å². The first kappa shape index (κ1) is 13.6. The Kier molecular flexibility index (Phi) is 5.24. The van der Waals surface area contributed by atoms with Gasteiger partial charge in [0.1, 0.15) is 0 Å². The second kappa shape index (κ2) is 6.93. The van der Waals surface area contributed by atoms with Gasteiger partial charge in [-0.05, 0) is 43.7 Å². The lowest BCUT2D eigenvalue weighted by atomic mass is 10.1. The molecule has 1 heterocycles. The van der Waals surface area contributed by atoms with Crippen LogP contribution in [0.15, 0.2) is 24.3 Å². The molecular weight excluding hydrogens is 290 g/mol. The molecule has 3 heteroatoms. The second-order valence-electron chi connectivity index (χ2n) is 4.78. The molecule has 2 rings (SSSR count). The quantitative estimate of drug-likeness (QED) is 0.610. The van der Waals surface area contributed by atoms with Crippen LogP contribution in [-0.4, -0.2) is 17.8 Å². The van der Waals surface area contributed by atoms with Crippen LogP contribution in [0, 0.1) is 0 Å². The lowest BCUT2D eigenvalue weighted by Crippen LogP contribution is -2.31. The van der Waals surface area contributed by atoms with E-state index in [2.05, 4.69) is 34.1 Å². The number of hydrogen-bond acceptors (Lipinski definition) is 1. The number of carbonyl (C=O) groups is 1. The zero-order valence-electron chi connectivity index (χ0n) is 10.7. The van der Waals surface area contributed by atoms with Crippen LogP contribution in [-0.2, 0) is 11.2 Å². The van der Waals surface area contributed by atoms with Crippen LogP contribution < -0.4 is 4.90 Å². The van der Waals surface area contributed by atoms with E-state index in [1.54, 1.807) is 0 Å². The maximum absolute atomic E-state index is 12.3. The van der Waals surface area contributed by atoms with Gasteiger partial charge in [-0.3, -0.25) is 4.79 Å². The summed E-state index contributed by atoms with van der Waals surface area (Å²) in [5, 5.41) is 0.983. The number of unbranched alkanes of at least 4 members (excludes halogenated alkanes) is 1. The summed E-state index contributed by atoms with van der Waals surface area (Å²) in [5.74, 6) is 0.283. The van der Waals surface area contributed by atoms with Crippen LogP contribution in [0.25, 0.3) is 0 Å². The summed E-state index contributed by atoms with van der Waals surface area (Å²) in [4.78, 5) is 14.3. The molecule has 1 aliphatic heterocycles. The molecule has 0 saturated carbocycles. The zero-order valence-corrected chi connectivity index (χ0v) is 12.3. The highest BCUT2D eigenvalue weighted by molar-refractivity contribution is 9.09. The molecule has 0 saturated heterocycles. The van der Waals surface area contributed by atoms with Gasteiger partial charge in [0.2, 0.25) is 5.91 Å². The number of amides is 1. The number of hydrogen-bond donors (Lipinski definition) is 0. The average molecular weight is 310 g/mol. The molecular formula is C15H20BrNO. The van der Waals surface area contributed by atoms with Crippen molar-refractivity contribution in [3.05, 3.63) is 29.8 Å². The molecule has 0 bridgehead atoms. The number of carbonyl (C=O) groups excluding carboxylic acids is 1. The Hall–Kier alpha value is -0.830. The molecule has 0 radical (unpaired) electrons. The number of rotatable bonds is 4. The van der Waals surface area contributed by atoms with E-state index < -0.39 is 0 Å². The van der Waals surface area contributed by atoms with E-state index >= 15 is 0 Å². The molecule has 1 aromatic rings. The first-order valence-electron chi connectivity index (χ1n) is 6.77. The summed E-state index contributed by atoms with van der Waals surface area (Å²) in [6.07, 6.45) is 6.10. The van der Waals surface area contributed by atoms with Crippen molar-refractivity contribution in [3.8, 4) is 0 Å². The maximum atomic E-state index is 12.3. The van der Waals surface area contributed by atoms with Gasteiger partial charge in [0.25, 0.3) is 0 Å². The molecule has 18 heavy (non-hydrogen) atoms. The van der Waals surface area contributed by atoms with Gasteiger partial charge in [-0.1, -0.05) is 34.1 Å². The van der Waals surface area contributed by atoms with Crippen LogP contribution in [0.2, 0.25) is 0 Å². The summed E-state index contributed by atoms with van der Waals surface area (Å²) in [6.45, 7) is 0.879. The topological polar surface area (TPSA) is 20.3 Å². The summed E-state index contributed by atoms with van der Waals surface area (Å²) in [7, 11) is 0. The molecule has 0 aliphatic carbocycles. The van der Waals surface area contributed by atoms with Gasteiger partial charge in [0, 0.05) is 24.0 Å². The lowest BCUT2D eigenvalue weighted by Gasteiger charge is -2.22. The summed E-state index contributed by atoms with van der Waals surface area (Å²) < 4.78 is 0. The van der Waals surface area contributed by atoms with Gasteiger partial charge in [0.05, 0.1) is 0 Å². The minimum atomic E-state index is 0.283. The third kappa shape index (κ3) is 3.35. The molecule has 0 fully saturated rings. The Balaban J connectivity index is 2.09. The van der Waals surface area contributed by atoms with Crippen molar-refractivity contribution in [2.24, 2.45) is 0 Å². The fourth-order valence-electron chi connectivity index (χ4n) is 2.46. The Labute approximate surface area is 117 Å². The normalized spacial score (nSPS) is 15.1. The highest BCUT2D eigenvalue weighted by Crippen LogP contribution is 2.26. The maximum Gasteiger partial charge on any atom is 0.226 e.